The monoisotopic (exact) mass is 1060 g/mol. The second-order valence-corrected chi connectivity index (χ2v) is 26.1. The SMILES string of the molecule is C=C[C@@]1(C)C[C@H](OC(=O)CSC2CC3CCC(C2)N3C)[C@@](C)(C(C)CC)C2C(=O)CCC2(C)[C@H](C)[C@H]1OC(=O)CCCCCCCCCCOC(=O)c1cn2c3c(c(N4CCC(O)CC4)c(F)cc3c1=O)CCC2C. The van der Waals surface area contributed by atoms with E-state index in [-0.39, 0.29) is 70.9 Å². The Kier molecular flexibility index (Phi) is 18.4. The highest BCUT2D eigenvalue weighted by molar-refractivity contribution is 8.00. The summed E-state index contributed by atoms with van der Waals surface area (Å²) < 4.78 is 36.7. The van der Waals surface area contributed by atoms with Gasteiger partial charge in [0, 0.05) is 89.1 Å². The van der Waals surface area contributed by atoms with Gasteiger partial charge in [-0.1, -0.05) is 92.6 Å². The molecule has 1 aromatic heterocycles. The lowest BCUT2D eigenvalue weighted by Gasteiger charge is -2.58. The number of Topliss-reactive ketones (excluding diaryl/α,β-unsaturated/α-hetero) is 1. The van der Waals surface area contributed by atoms with E-state index in [2.05, 4.69) is 60.1 Å². The Bertz CT molecular complexity index is 2460. The minimum atomic E-state index is -0.717. The molecule has 1 aromatic carbocycles. The second kappa shape index (κ2) is 24.1. The number of aliphatic hydroxyl groups is 1. The largest absolute Gasteiger partial charge is 0.462 e. The van der Waals surface area contributed by atoms with Crippen LogP contribution in [0, 0.1) is 39.8 Å². The highest BCUT2D eigenvalue weighted by atomic mass is 32.2. The zero-order valence-electron chi connectivity index (χ0n) is 46.7. The third kappa shape index (κ3) is 11.7. The zero-order chi connectivity index (χ0) is 54.0. The first-order chi connectivity index (χ1) is 35.7. The van der Waals surface area contributed by atoms with Gasteiger partial charge in [-0.15, -0.1) is 18.3 Å². The Balaban J connectivity index is 0.801. The quantitative estimate of drug-likeness (QED) is 0.0550. The topological polar surface area (TPSA) is 145 Å². The fourth-order valence-electron chi connectivity index (χ4n) is 15.0. The predicted molar refractivity (Wildman–Crippen MR) is 296 cm³/mol. The van der Waals surface area contributed by atoms with E-state index < -0.39 is 45.7 Å². The number of anilines is 1. The van der Waals surface area contributed by atoms with E-state index in [1.807, 2.05) is 22.5 Å². The van der Waals surface area contributed by atoms with Gasteiger partial charge in [0.25, 0.3) is 0 Å². The lowest BCUT2D eigenvalue weighted by atomic mass is 9.48. The lowest BCUT2D eigenvalue weighted by Crippen LogP contribution is -2.60. The number of halogens is 1. The van der Waals surface area contributed by atoms with Crippen molar-refractivity contribution >= 4 is 52.0 Å². The molecular weight excluding hydrogens is 970 g/mol. The van der Waals surface area contributed by atoms with Gasteiger partial charge in [-0.3, -0.25) is 19.2 Å². The van der Waals surface area contributed by atoms with Gasteiger partial charge in [0.05, 0.1) is 29.7 Å². The third-order valence-electron chi connectivity index (χ3n) is 20.3. The minimum Gasteiger partial charge on any atom is -0.462 e. The maximum atomic E-state index is 15.8. The van der Waals surface area contributed by atoms with Crippen LogP contribution in [0.5, 0.6) is 0 Å². The number of carbonyl (C=O) groups is 4. The summed E-state index contributed by atoms with van der Waals surface area (Å²) in [6, 6.07) is 2.48. The van der Waals surface area contributed by atoms with Crippen LogP contribution in [0.1, 0.15) is 199 Å². The number of rotatable bonds is 21. The number of benzene rings is 1. The highest BCUT2D eigenvalue weighted by Crippen LogP contribution is 2.63. The fourth-order valence-corrected chi connectivity index (χ4v) is 16.2. The van der Waals surface area contributed by atoms with Crippen molar-refractivity contribution in [2.75, 3.05) is 37.4 Å². The summed E-state index contributed by atoms with van der Waals surface area (Å²) in [5.74, 6) is -1.53. The van der Waals surface area contributed by atoms with Gasteiger partial charge in [-0.2, -0.15) is 0 Å². The number of esters is 3. The summed E-state index contributed by atoms with van der Waals surface area (Å²) in [5, 5.41) is 10.7. The molecule has 2 aromatic rings. The minimum absolute atomic E-state index is 0.0204. The molecule has 75 heavy (non-hydrogen) atoms. The molecule has 5 heterocycles. The molecule has 11 atom stereocenters. The van der Waals surface area contributed by atoms with Crippen LogP contribution in [0.15, 0.2) is 29.7 Å². The summed E-state index contributed by atoms with van der Waals surface area (Å²) in [6.45, 7) is 20.7. The number of fused-ring (bicyclic) bond motifs is 3. The molecule has 2 bridgehead atoms. The van der Waals surface area contributed by atoms with Gasteiger partial charge in [0.2, 0.25) is 5.43 Å². The Morgan fingerprint density at radius 1 is 0.920 bits per heavy atom. The van der Waals surface area contributed by atoms with Crippen LogP contribution in [-0.4, -0.2) is 106 Å². The van der Waals surface area contributed by atoms with Crippen molar-refractivity contribution in [2.24, 2.45) is 34.0 Å². The molecule has 416 valence electrons. The molecule has 2 aliphatic carbocycles. The number of aryl methyl sites for hydroxylation is 1. The van der Waals surface area contributed by atoms with Crippen LogP contribution in [0.4, 0.5) is 10.1 Å². The first-order valence-electron chi connectivity index (χ1n) is 29.1. The first kappa shape index (κ1) is 57.4. The average molecular weight is 1060 g/mol. The summed E-state index contributed by atoms with van der Waals surface area (Å²) in [7, 11) is 2.23. The predicted octanol–water partition coefficient (Wildman–Crippen LogP) is 11.7. The fraction of sp³-hybridized carbons (Fsp3) is 0.754. The number of unbranched alkanes of at least 4 members (excludes halogenated alkanes) is 7. The number of aromatic nitrogens is 1. The number of pyridine rings is 1. The number of ketones is 1. The second-order valence-electron chi connectivity index (χ2n) is 24.8. The van der Waals surface area contributed by atoms with Gasteiger partial charge in [-0.05, 0) is 108 Å². The number of thioether (sulfide) groups is 1. The molecule has 6 unspecified atom stereocenters. The highest BCUT2D eigenvalue weighted by Gasteiger charge is 2.65. The molecule has 5 fully saturated rings. The van der Waals surface area contributed by atoms with Crippen LogP contribution < -0.4 is 10.3 Å². The molecule has 4 aliphatic heterocycles. The van der Waals surface area contributed by atoms with Crippen molar-refractivity contribution in [2.45, 2.75) is 225 Å². The standard InChI is InChI=1S/C61H90FN3O9S/c1-10-38(3)61(8)50(73-52(69)37-75-44-32-41-22-23-42(33-44)63(41)9)35-59(6,11-2)57(40(5)60(7)28-25-49(67)56(60)61)74-51(68)20-18-16-14-12-13-15-17-19-31-72-58(71)47-36-65-39(4)21-24-45-53(65)46(55(47)70)34-48(62)54(45)64-29-26-43(66)27-30-64/h11,34,36,38-44,50,56-57,66H,2,10,12-33,35,37H2,1,3-9H3/t38?,39?,40-,41?,42?,44?,50+,56?,57-,59+,60?,61-/m1/s1. The van der Waals surface area contributed by atoms with E-state index >= 15 is 4.39 Å². The maximum absolute atomic E-state index is 15.8. The van der Waals surface area contributed by atoms with Crippen molar-refractivity contribution in [3.05, 3.63) is 52.1 Å². The van der Waals surface area contributed by atoms with Crippen LogP contribution in [-0.2, 0) is 35.0 Å². The summed E-state index contributed by atoms with van der Waals surface area (Å²) in [4.78, 5) is 73.8. The number of ether oxygens (including phenoxy) is 3. The van der Waals surface area contributed by atoms with Gasteiger partial charge in [-0.25, -0.2) is 9.18 Å². The van der Waals surface area contributed by atoms with E-state index in [4.69, 9.17) is 14.2 Å². The van der Waals surface area contributed by atoms with E-state index in [0.717, 1.165) is 69.8 Å². The summed E-state index contributed by atoms with van der Waals surface area (Å²) in [5.41, 5.74) is -0.423. The van der Waals surface area contributed by atoms with Crippen molar-refractivity contribution in [3.63, 3.8) is 0 Å². The van der Waals surface area contributed by atoms with Gasteiger partial charge in [0.1, 0.15) is 29.4 Å². The van der Waals surface area contributed by atoms with Crippen molar-refractivity contribution in [1.29, 1.82) is 0 Å². The lowest BCUT2D eigenvalue weighted by molar-refractivity contribution is -0.198. The molecule has 0 amide bonds. The average Bonchev–Trinajstić information content (AvgIpc) is 3.79. The molecule has 12 nitrogen and oxygen atoms in total. The first-order valence-corrected chi connectivity index (χ1v) is 30.2. The van der Waals surface area contributed by atoms with E-state index in [9.17, 15) is 29.1 Å². The molecule has 2 saturated carbocycles. The summed E-state index contributed by atoms with van der Waals surface area (Å²) >= 11 is 1.73. The molecule has 0 radical (unpaired) electrons. The van der Waals surface area contributed by atoms with E-state index in [0.29, 0.717) is 99.4 Å². The van der Waals surface area contributed by atoms with Crippen molar-refractivity contribution < 1.29 is 42.9 Å². The van der Waals surface area contributed by atoms with Gasteiger partial charge in [0.15, 0.2) is 0 Å². The number of hydrogen-bond acceptors (Lipinski definition) is 12. The van der Waals surface area contributed by atoms with Crippen LogP contribution in [0.25, 0.3) is 10.9 Å². The third-order valence-corrected chi connectivity index (χ3v) is 21.5. The molecule has 3 saturated heterocycles. The van der Waals surface area contributed by atoms with Crippen molar-refractivity contribution in [3.8, 4) is 0 Å². The molecule has 6 aliphatic rings. The summed E-state index contributed by atoms with van der Waals surface area (Å²) in [6.07, 6.45) is 19.0. The zero-order valence-corrected chi connectivity index (χ0v) is 47.5. The Morgan fingerprint density at radius 3 is 2.23 bits per heavy atom. The smallest absolute Gasteiger partial charge is 0.343 e. The number of nitrogens with zero attached hydrogens (tertiary/aromatic N) is 3. The van der Waals surface area contributed by atoms with E-state index in [1.165, 1.54) is 18.9 Å². The van der Waals surface area contributed by atoms with E-state index in [1.54, 1.807) is 18.0 Å². The number of piperidine rings is 2. The van der Waals surface area contributed by atoms with Gasteiger partial charge >= 0.3 is 17.9 Å². The number of hydrogen-bond donors (Lipinski definition) is 1. The Labute approximate surface area is 451 Å². The maximum Gasteiger partial charge on any atom is 0.343 e. The van der Waals surface area contributed by atoms with Gasteiger partial charge < -0.3 is 33.7 Å². The molecule has 8 rings (SSSR count). The number of carbonyl (C=O) groups excluding carboxylic acids is 4. The Hall–Kier alpha value is -3.75. The molecule has 14 heteroatoms. The van der Waals surface area contributed by atoms with Crippen LogP contribution in [0.2, 0.25) is 0 Å². The van der Waals surface area contributed by atoms with Crippen LogP contribution in [0.3, 0.4) is 0 Å². The van der Waals surface area contributed by atoms with Crippen molar-refractivity contribution in [1.82, 2.24) is 9.47 Å². The van der Waals surface area contributed by atoms with Crippen LogP contribution >= 0.6 is 11.8 Å². The molecule has 0 spiro atoms. The Morgan fingerprint density at radius 2 is 1.57 bits per heavy atom. The number of aliphatic hydroxyl groups excluding tert-OH is 1. The molecular formula is C61H90FN3O9S. The molecule has 1 N–H and O–H groups in total. The normalized spacial score (nSPS) is 32.4.